The number of esters is 2. The smallest absolute Gasteiger partial charge is 0.306 e. The Morgan fingerprint density at radius 1 is 0.390 bits per heavy atom. The van der Waals surface area contributed by atoms with Crippen LogP contribution in [0.5, 0.6) is 0 Å². The van der Waals surface area contributed by atoms with Gasteiger partial charge in [0.2, 0.25) is 0 Å². The molecular weight excluding hydrogens is 1040 g/mol. The van der Waals surface area contributed by atoms with Crippen LogP contribution in [0.2, 0.25) is 0 Å². The first kappa shape index (κ1) is 74.5. The van der Waals surface area contributed by atoms with Gasteiger partial charge in [0.1, 0.15) is 55.4 Å². The molecule has 0 aromatic heterocycles. The van der Waals surface area contributed by atoms with Crippen LogP contribution in [-0.2, 0) is 38.0 Å². The van der Waals surface area contributed by atoms with Crippen molar-refractivity contribution >= 4 is 11.9 Å². The minimum absolute atomic E-state index is 0.154. The van der Waals surface area contributed by atoms with E-state index >= 15 is 0 Å². The van der Waals surface area contributed by atoms with Crippen molar-refractivity contribution in [1.82, 2.24) is 0 Å². The minimum Gasteiger partial charge on any atom is -0.462 e. The maximum atomic E-state index is 13.1. The molecule has 0 radical (unpaired) electrons. The lowest BCUT2D eigenvalue weighted by molar-refractivity contribution is -0.332. The summed E-state index contributed by atoms with van der Waals surface area (Å²) >= 11 is 0. The van der Waals surface area contributed by atoms with E-state index < -0.39 is 92.7 Å². The number of allylic oxidation sites excluding steroid dienone is 16. The summed E-state index contributed by atoms with van der Waals surface area (Å²) in [6, 6.07) is 0. The van der Waals surface area contributed by atoms with Crippen molar-refractivity contribution in [3.05, 3.63) is 97.2 Å². The molecule has 7 N–H and O–H groups in total. The molecular formula is C67H112O15. The van der Waals surface area contributed by atoms with Gasteiger partial charge in [-0.1, -0.05) is 214 Å². The Hall–Kier alpha value is -3.58. The minimum atomic E-state index is -1.77. The molecule has 0 aliphatic carbocycles. The van der Waals surface area contributed by atoms with E-state index in [9.17, 15) is 45.3 Å². The van der Waals surface area contributed by atoms with Crippen LogP contribution in [0.15, 0.2) is 97.2 Å². The molecule has 2 rings (SSSR count). The first-order valence-electron chi connectivity index (χ1n) is 31.8. The summed E-state index contributed by atoms with van der Waals surface area (Å²) in [7, 11) is 0. The quantitative estimate of drug-likeness (QED) is 0.0171. The summed E-state index contributed by atoms with van der Waals surface area (Å²) in [5, 5.41) is 72.5. The average Bonchev–Trinajstić information content (AvgIpc) is 3.61. The molecule has 2 fully saturated rings. The van der Waals surface area contributed by atoms with E-state index in [0.717, 1.165) is 109 Å². The van der Waals surface area contributed by atoms with Crippen LogP contribution in [0.3, 0.4) is 0 Å². The number of carbonyl (C=O) groups is 2. The van der Waals surface area contributed by atoms with Crippen LogP contribution in [-0.4, -0.2) is 142 Å². The SMILES string of the molecule is CC/C=C\C/C=C\C/C=C\C/C=C\CCCCCCCCCCCCC(=O)OCC(COC1OC(COC2OC(CO)C(O)C(O)C2O)C(O)C(O)C1O)OC(=O)CCCCCCCCCCCC/C=C\C/C=C\C/C=C\C/C=C\CC. The van der Waals surface area contributed by atoms with E-state index in [2.05, 4.69) is 111 Å². The zero-order valence-corrected chi connectivity index (χ0v) is 50.4. The van der Waals surface area contributed by atoms with Crippen molar-refractivity contribution in [3.8, 4) is 0 Å². The number of aliphatic hydroxyl groups is 7. The number of aliphatic hydroxyl groups excluding tert-OH is 7. The molecule has 2 aliphatic heterocycles. The van der Waals surface area contributed by atoms with Crippen LogP contribution < -0.4 is 0 Å². The molecule has 470 valence electrons. The summed E-state index contributed by atoms with van der Waals surface area (Å²) in [6.45, 7) is 2.38. The highest BCUT2D eigenvalue weighted by molar-refractivity contribution is 5.70. The van der Waals surface area contributed by atoms with Gasteiger partial charge < -0.3 is 64.2 Å². The Labute approximate surface area is 494 Å². The maximum absolute atomic E-state index is 13.1. The molecule has 0 amide bonds. The van der Waals surface area contributed by atoms with Gasteiger partial charge in [0.15, 0.2) is 18.7 Å². The zero-order chi connectivity index (χ0) is 59.5. The van der Waals surface area contributed by atoms with E-state index in [-0.39, 0.29) is 26.1 Å². The number of hydrogen-bond acceptors (Lipinski definition) is 15. The normalized spacial score (nSPS) is 24.1. The predicted octanol–water partition coefficient (Wildman–Crippen LogP) is 12.1. The van der Waals surface area contributed by atoms with E-state index in [1.807, 2.05) is 0 Å². The summed E-state index contributed by atoms with van der Waals surface area (Å²) < 4.78 is 33.8. The van der Waals surface area contributed by atoms with Gasteiger partial charge in [-0.25, -0.2) is 0 Å². The molecule has 15 heteroatoms. The fourth-order valence-electron chi connectivity index (χ4n) is 9.49. The maximum Gasteiger partial charge on any atom is 0.306 e. The van der Waals surface area contributed by atoms with E-state index in [1.165, 1.54) is 70.6 Å². The van der Waals surface area contributed by atoms with Gasteiger partial charge in [-0.3, -0.25) is 9.59 Å². The van der Waals surface area contributed by atoms with Gasteiger partial charge >= 0.3 is 11.9 Å². The van der Waals surface area contributed by atoms with Gasteiger partial charge in [0.25, 0.3) is 0 Å². The molecule has 0 bridgehead atoms. The van der Waals surface area contributed by atoms with Crippen LogP contribution in [0, 0.1) is 0 Å². The molecule has 0 aromatic rings. The van der Waals surface area contributed by atoms with Crippen molar-refractivity contribution in [2.24, 2.45) is 0 Å². The largest absolute Gasteiger partial charge is 0.462 e. The highest BCUT2D eigenvalue weighted by Crippen LogP contribution is 2.27. The van der Waals surface area contributed by atoms with Crippen molar-refractivity contribution in [2.75, 3.05) is 26.4 Å². The van der Waals surface area contributed by atoms with Crippen molar-refractivity contribution in [3.63, 3.8) is 0 Å². The molecule has 15 nitrogen and oxygen atoms in total. The Morgan fingerprint density at radius 3 is 1.15 bits per heavy atom. The molecule has 11 unspecified atom stereocenters. The highest BCUT2D eigenvalue weighted by Gasteiger charge is 2.47. The zero-order valence-electron chi connectivity index (χ0n) is 50.4. The summed E-state index contributed by atoms with van der Waals surface area (Å²) in [6.07, 6.45) is 51.3. The lowest BCUT2D eigenvalue weighted by atomic mass is 9.98. The first-order chi connectivity index (χ1) is 40.0. The third-order valence-electron chi connectivity index (χ3n) is 14.6. The molecule has 0 aromatic carbocycles. The summed E-state index contributed by atoms with van der Waals surface area (Å²) in [5.74, 6) is -0.936. The molecule has 82 heavy (non-hydrogen) atoms. The van der Waals surface area contributed by atoms with Crippen molar-refractivity contribution in [2.45, 2.75) is 287 Å². The van der Waals surface area contributed by atoms with Crippen LogP contribution in [0.25, 0.3) is 0 Å². The number of hydrogen-bond donors (Lipinski definition) is 7. The predicted molar refractivity (Wildman–Crippen MR) is 325 cm³/mol. The third-order valence-corrected chi connectivity index (χ3v) is 14.6. The van der Waals surface area contributed by atoms with Gasteiger partial charge in [-0.15, -0.1) is 0 Å². The monoisotopic (exact) mass is 1160 g/mol. The number of unbranched alkanes of at least 4 members (excludes halogenated alkanes) is 20. The first-order valence-corrected chi connectivity index (χ1v) is 31.8. The molecule has 2 aliphatic rings. The van der Waals surface area contributed by atoms with Crippen molar-refractivity contribution < 1.29 is 73.8 Å². The van der Waals surface area contributed by atoms with Gasteiger partial charge in [-0.05, 0) is 89.9 Å². The number of carbonyl (C=O) groups excluding carboxylic acids is 2. The molecule has 11 atom stereocenters. The average molecular weight is 1160 g/mol. The molecule has 0 saturated carbocycles. The Balaban J connectivity index is 1.71. The second kappa shape index (κ2) is 51.8. The fourth-order valence-corrected chi connectivity index (χ4v) is 9.49. The van der Waals surface area contributed by atoms with Crippen LogP contribution >= 0.6 is 0 Å². The number of rotatable bonds is 50. The molecule has 0 spiro atoms. The van der Waals surface area contributed by atoms with Gasteiger partial charge in [0, 0.05) is 12.8 Å². The van der Waals surface area contributed by atoms with Crippen molar-refractivity contribution in [1.29, 1.82) is 0 Å². The number of ether oxygens (including phenoxy) is 6. The lowest BCUT2D eigenvalue weighted by Gasteiger charge is -2.42. The lowest BCUT2D eigenvalue weighted by Crippen LogP contribution is -2.61. The molecule has 2 heterocycles. The van der Waals surface area contributed by atoms with Gasteiger partial charge in [0.05, 0.1) is 19.8 Å². The standard InChI is InChI=1S/C67H112O15/c1-3-5-7-9-11-13-15-17-19-21-23-25-27-29-31-33-35-37-39-41-43-45-47-49-58(69)77-52-55(53-78-66-65(76)63(74)61(72)57(82-66)54-79-67-64(75)62(73)60(71)56(51-68)81-67)80-59(70)50-48-46-44-42-40-38-36-34-32-30-28-26-24-22-20-18-16-14-12-10-8-6-4-2/h5-8,11-14,17-20,23-26,55-57,60-68,71-76H,3-4,9-10,15-16,21-22,27-54H2,1-2H3/b7-5-,8-6-,13-11-,14-12-,19-17-,20-18-,25-23-,26-24-. The van der Waals surface area contributed by atoms with Crippen LogP contribution in [0.4, 0.5) is 0 Å². The Morgan fingerprint density at radius 2 is 0.732 bits per heavy atom. The summed E-state index contributed by atoms with van der Waals surface area (Å²) in [5.41, 5.74) is 0. The van der Waals surface area contributed by atoms with Crippen LogP contribution in [0.1, 0.15) is 219 Å². The van der Waals surface area contributed by atoms with E-state index in [4.69, 9.17) is 28.4 Å². The Kier molecular flexibility index (Phi) is 47.1. The summed E-state index contributed by atoms with van der Waals surface area (Å²) in [4.78, 5) is 26.0. The molecule has 2 saturated heterocycles. The highest BCUT2D eigenvalue weighted by atomic mass is 16.7. The van der Waals surface area contributed by atoms with Gasteiger partial charge in [-0.2, -0.15) is 0 Å². The third kappa shape index (κ3) is 37.7. The second-order valence-electron chi connectivity index (χ2n) is 21.8. The Bertz CT molecular complexity index is 1790. The second-order valence-corrected chi connectivity index (χ2v) is 21.8. The fraction of sp³-hybridized carbons (Fsp3) is 0.731. The topological polar surface area (TPSA) is 231 Å². The van der Waals surface area contributed by atoms with E-state index in [1.54, 1.807) is 0 Å². The van der Waals surface area contributed by atoms with E-state index in [0.29, 0.717) is 12.8 Å².